The Bertz CT molecular complexity index is 470. The summed E-state index contributed by atoms with van der Waals surface area (Å²) in [6.07, 6.45) is 14.8. The highest BCUT2D eigenvalue weighted by Crippen LogP contribution is 2.33. The summed E-state index contributed by atoms with van der Waals surface area (Å²) in [7, 11) is 0. The van der Waals surface area contributed by atoms with Crippen molar-refractivity contribution in [3.05, 3.63) is 42.7 Å². The number of hydrogen-bond acceptors (Lipinski definition) is 3. The number of ketones is 1. The van der Waals surface area contributed by atoms with Gasteiger partial charge in [-0.1, -0.05) is 71.9 Å². The average molecular weight is 375 g/mol. The number of fused-ring (bicyclic) bond motifs is 1. The summed E-state index contributed by atoms with van der Waals surface area (Å²) in [5.41, 5.74) is 0.525. The summed E-state index contributed by atoms with van der Waals surface area (Å²) in [5, 5.41) is 3.62. The number of unbranched alkanes of at least 4 members (excludes halogenated alkanes) is 2. The van der Waals surface area contributed by atoms with E-state index in [9.17, 15) is 4.79 Å². The summed E-state index contributed by atoms with van der Waals surface area (Å²) in [6, 6.07) is 6.72. The highest BCUT2D eigenvalue weighted by atomic mass is 16.1. The molecule has 0 bridgehead atoms. The van der Waals surface area contributed by atoms with E-state index < -0.39 is 0 Å². The topological polar surface area (TPSA) is 42.0 Å². The molecule has 0 spiro atoms. The predicted molar refractivity (Wildman–Crippen MR) is 118 cm³/mol. The number of carbonyl (C=O) groups is 1. The van der Waals surface area contributed by atoms with Crippen LogP contribution in [0.5, 0.6) is 0 Å². The summed E-state index contributed by atoms with van der Waals surface area (Å²) >= 11 is 0. The molecule has 3 atom stereocenters. The molecule has 3 unspecified atom stereocenters. The molecule has 154 valence electrons. The molecule has 1 saturated heterocycles. The Labute approximate surface area is 168 Å². The lowest BCUT2D eigenvalue weighted by Gasteiger charge is -2.24. The van der Waals surface area contributed by atoms with Crippen LogP contribution >= 0.6 is 0 Å². The molecule has 2 aliphatic rings. The smallest absolute Gasteiger partial charge is 0.178 e. The first-order valence-corrected chi connectivity index (χ1v) is 10.9. The summed E-state index contributed by atoms with van der Waals surface area (Å²) in [5.74, 6) is 0.974. The van der Waals surface area contributed by atoms with Crippen LogP contribution in [0.15, 0.2) is 37.1 Å². The number of carbonyl (C=O) groups excluding carboxylic acids is 1. The van der Waals surface area contributed by atoms with Crippen molar-refractivity contribution >= 4 is 5.78 Å². The minimum atomic E-state index is 0.00981. The molecule has 1 aromatic rings. The Morgan fingerprint density at radius 3 is 2.30 bits per heavy atom. The molecule has 1 saturated carbocycles. The minimum absolute atomic E-state index is 0.00981. The molecule has 3 heteroatoms. The van der Waals surface area contributed by atoms with Gasteiger partial charge in [0.2, 0.25) is 0 Å². The van der Waals surface area contributed by atoms with Crippen LogP contribution in [-0.4, -0.2) is 22.9 Å². The van der Waals surface area contributed by atoms with Crippen molar-refractivity contribution in [1.29, 1.82) is 0 Å². The van der Waals surface area contributed by atoms with E-state index in [1.807, 2.05) is 13.8 Å². The van der Waals surface area contributed by atoms with Crippen LogP contribution in [0.1, 0.15) is 96.5 Å². The van der Waals surface area contributed by atoms with Crippen molar-refractivity contribution < 1.29 is 4.79 Å². The zero-order valence-electron chi connectivity index (χ0n) is 18.3. The van der Waals surface area contributed by atoms with Crippen LogP contribution in [0.4, 0.5) is 0 Å². The van der Waals surface area contributed by atoms with E-state index in [0.29, 0.717) is 11.7 Å². The number of aromatic nitrogens is 1. The number of nitrogens with zero attached hydrogens (tertiary/aromatic N) is 1. The summed E-state index contributed by atoms with van der Waals surface area (Å²) in [4.78, 5) is 14.4. The molecule has 1 N–H and O–H groups in total. The van der Waals surface area contributed by atoms with Gasteiger partial charge in [0.05, 0.1) is 0 Å². The number of nitrogens with one attached hydrogen (secondary N) is 1. The van der Waals surface area contributed by atoms with Gasteiger partial charge in [-0.05, 0) is 37.3 Å². The van der Waals surface area contributed by atoms with Gasteiger partial charge in [-0.25, -0.2) is 0 Å². The maximum atomic E-state index is 10.6. The van der Waals surface area contributed by atoms with Crippen molar-refractivity contribution in [2.75, 3.05) is 0 Å². The predicted octanol–water partition coefficient (Wildman–Crippen LogP) is 6.60. The fraction of sp³-hybridized carbons (Fsp3) is 0.667. The van der Waals surface area contributed by atoms with Gasteiger partial charge in [0.1, 0.15) is 5.69 Å². The standard InChI is InChI=1S/C10H17N.C7H7NO.C5H12.C2H6/c1-2-9-7-8-5-3-4-6-10(8)11-9;1-6(9)7-4-2-3-5-8-7;1-3-5-4-2;1-2/h2,8-11H,1,3-7H2;2-5H,1H3;3-5H2,1-2H3;1-2H3. The average Bonchev–Trinajstić information content (AvgIpc) is 3.15. The molecule has 27 heavy (non-hydrogen) atoms. The lowest BCUT2D eigenvalue weighted by Crippen LogP contribution is -2.32. The molecule has 2 fully saturated rings. The third-order valence-electron chi connectivity index (χ3n) is 4.91. The quantitative estimate of drug-likeness (QED) is 0.477. The molecule has 1 aromatic heterocycles. The Kier molecular flexibility index (Phi) is 15.8. The fourth-order valence-corrected chi connectivity index (χ4v) is 3.47. The molecule has 1 aliphatic carbocycles. The highest BCUT2D eigenvalue weighted by molar-refractivity contribution is 5.91. The maximum absolute atomic E-state index is 10.6. The van der Waals surface area contributed by atoms with Crippen LogP contribution in [0.2, 0.25) is 0 Å². The third kappa shape index (κ3) is 11.1. The van der Waals surface area contributed by atoms with E-state index in [1.54, 1.807) is 24.4 Å². The van der Waals surface area contributed by atoms with Crippen molar-refractivity contribution in [2.24, 2.45) is 5.92 Å². The molecule has 3 nitrogen and oxygen atoms in total. The lowest BCUT2D eigenvalue weighted by molar-refractivity contribution is 0.101. The first-order chi connectivity index (χ1) is 13.1. The zero-order valence-corrected chi connectivity index (χ0v) is 18.3. The largest absolute Gasteiger partial charge is 0.307 e. The molecule has 2 heterocycles. The van der Waals surface area contributed by atoms with E-state index in [4.69, 9.17) is 0 Å². The Morgan fingerprint density at radius 2 is 1.89 bits per heavy atom. The van der Waals surface area contributed by atoms with Crippen LogP contribution in [0.3, 0.4) is 0 Å². The molecule has 0 aromatic carbocycles. The molecular formula is C24H42N2O. The highest BCUT2D eigenvalue weighted by Gasteiger charge is 2.33. The normalized spacial score (nSPS) is 22.5. The van der Waals surface area contributed by atoms with Crippen molar-refractivity contribution in [2.45, 2.75) is 98.1 Å². The summed E-state index contributed by atoms with van der Waals surface area (Å²) in [6.45, 7) is 13.8. The maximum Gasteiger partial charge on any atom is 0.178 e. The third-order valence-corrected chi connectivity index (χ3v) is 4.91. The van der Waals surface area contributed by atoms with Gasteiger partial charge in [-0.2, -0.15) is 0 Å². The number of Topliss-reactive ketones (excluding diaryl/α,β-unsaturated/α-hetero) is 1. The molecular weight excluding hydrogens is 332 g/mol. The second kappa shape index (κ2) is 16.7. The first-order valence-electron chi connectivity index (χ1n) is 10.9. The van der Waals surface area contributed by atoms with Crippen molar-refractivity contribution in [1.82, 2.24) is 10.3 Å². The van der Waals surface area contributed by atoms with Gasteiger partial charge >= 0.3 is 0 Å². The first kappa shape index (κ1) is 25.5. The van der Waals surface area contributed by atoms with E-state index in [-0.39, 0.29) is 5.78 Å². The number of rotatable bonds is 4. The van der Waals surface area contributed by atoms with Crippen molar-refractivity contribution in [3.8, 4) is 0 Å². The Morgan fingerprint density at radius 1 is 1.22 bits per heavy atom. The lowest BCUT2D eigenvalue weighted by atomic mass is 9.85. The van der Waals surface area contributed by atoms with Crippen LogP contribution in [0, 0.1) is 5.92 Å². The summed E-state index contributed by atoms with van der Waals surface area (Å²) < 4.78 is 0. The fourth-order valence-electron chi connectivity index (χ4n) is 3.47. The molecule has 0 amide bonds. The van der Waals surface area contributed by atoms with E-state index >= 15 is 0 Å². The van der Waals surface area contributed by atoms with Crippen LogP contribution in [0.25, 0.3) is 0 Å². The minimum Gasteiger partial charge on any atom is -0.307 e. The number of hydrogen-bond donors (Lipinski definition) is 1. The Balaban J connectivity index is 0.000000383. The van der Waals surface area contributed by atoms with Crippen LogP contribution in [-0.2, 0) is 0 Å². The van der Waals surface area contributed by atoms with E-state index in [1.165, 1.54) is 58.3 Å². The molecule has 1 aliphatic heterocycles. The zero-order chi connectivity index (χ0) is 20.5. The molecule has 0 radical (unpaired) electrons. The van der Waals surface area contributed by atoms with Gasteiger partial charge in [0.25, 0.3) is 0 Å². The van der Waals surface area contributed by atoms with Gasteiger partial charge in [-0.3, -0.25) is 9.78 Å². The van der Waals surface area contributed by atoms with Gasteiger partial charge in [0, 0.05) is 25.2 Å². The monoisotopic (exact) mass is 374 g/mol. The van der Waals surface area contributed by atoms with Crippen molar-refractivity contribution in [3.63, 3.8) is 0 Å². The second-order valence-electron chi connectivity index (χ2n) is 7.02. The molecule has 3 rings (SSSR count). The van der Waals surface area contributed by atoms with E-state index in [0.717, 1.165) is 12.0 Å². The van der Waals surface area contributed by atoms with Gasteiger partial charge < -0.3 is 5.32 Å². The van der Waals surface area contributed by atoms with Crippen LogP contribution < -0.4 is 5.32 Å². The second-order valence-corrected chi connectivity index (χ2v) is 7.02. The SMILES string of the molecule is C=CC1CC2CCCCC2N1.CC.CC(=O)c1ccccn1.CCCCC. The van der Waals surface area contributed by atoms with E-state index in [2.05, 4.69) is 36.8 Å². The Hall–Kier alpha value is -1.48. The van der Waals surface area contributed by atoms with Gasteiger partial charge in [-0.15, -0.1) is 6.58 Å². The van der Waals surface area contributed by atoms with Gasteiger partial charge in [0.15, 0.2) is 5.78 Å². The number of pyridine rings is 1.